The van der Waals surface area contributed by atoms with Crippen LogP contribution in [0.15, 0.2) is 0 Å². The second-order valence-corrected chi connectivity index (χ2v) is 8.36. The lowest BCUT2D eigenvalue weighted by Crippen LogP contribution is -2.28. The van der Waals surface area contributed by atoms with Crippen molar-refractivity contribution in [1.82, 2.24) is 0 Å². The molecular formula is C20H40Cl2O3. The van der Waals surface area contributed by atoms with Gasteiger partial charge in [0, 0.05) is 24.0 Å². The molecule has 4 unspecified atom stereocenters. The molecule has 0 aliphatic rings. The summed E-state index contributed by atoms with van der Waals surface area (Å²) in [4.78, 5) is 0. The third kappa shape index (κ3) is 17.6. The molecule has 152 valence electrons. The largest absolute Gasteiger partial charge is 0.353 e. The van der Waals surface area contributed by atoms with Gasteiger partial charge in [0.15, 0.2) is 12.6 Å². The van der Waals surface area contributed by atoms with E-state index in [-0.39, 0.29) is 23.3 Å². The fraction of sp³-hybridized carbons (Fsp3) is 1.00. The van der Waals surface area contributed by atoms with Gasteiger partial charge in [-0.2, -0.15) is 0 Å². The van der Waals surface area contributed by atoms with Crippen LogP contribution in [0.3, 0.4) is 0 Å². The van der Waals surface area contributed by atoms with Crippen LogP contribution in [0.1, 0.15) is 91.9 Å². The maximum Gasteiger partial charge on any atom is 0.160 e. The van der Waals surface area contributed by atoms with Gasteiger partial charge >= 0.3 is 0 Å². The molecule has 0 aliphatic carbocycles. The number of hydrogen-bond acceptors (Lipinski definition) is 3. The molecule has 0 amide bonds. The fourth-order valence-corrected chi connectivity index (χ4v) is 2.71. The summed E-state index contributed by atoms with van der Waals surface area (Å²) in [6.07, 6.45) is 9.61. The van der Waals surface area contributed by atoms with Crippen molar-refractivity contribution < 1.29 is 14.2 Å². The Morgan fingerprint density at radius 3 is 1.36 bits per heavy atom. The normalized spacial score (nSPS) is 16.6. The number of alkyl halides is 2. The molecular weight excluding hydrogens is 359 g/mol. The van der Waals surface area contributed by atoms with Gasteiger partial charge < -0.3 is 14.2 Å². The van der Waals surface area contributed by atoms with E-state index in [4.69, 9.17) is 37.4 Å². The Morgan fingerprint density at radius 2 is 1.04 bits per heavy atom. The zero-order valence-corrected chi connectivity index (χ0v) is 18.3. The summed E-state index contributed by atoms with van der Waals surface area (Å²) >= 11 is 12.1. The highest BCUT2D eigenvalue weighted by Gasteiger charge is 2.18. The zero-order chi connectivity index (χ0) is 18.9. The highest BCUT2D eigenvalue weighted by molar-refractivity contribution is 6.20. The molecule has 0 aromatic carbocycles. The number of ether oxygens (including phenoxy) is 3. The third-order valence-corrected chi connectivity index (χ3v) is 4.43. The van der Waals surface area contributed by atoms with Crippen LogP contribution < -0.4 is 0 Å². The highest BCUT2D eigenvalue weighted by atomic mass is 35.5. The molecule has 0 aromatic rings. The van der Waals surface area contributed by atoms with E-state index in [9.17, 15) is 0 Å². The lowest BCUT2D eigenvalue weighted by atomic mass is 10.2. The van der Waals surface area contributed by atoms with E-state index in [1.54, 1.807) is 0 Å². The van der Waals surface area contributed by atoms with Crippen molar-refractivity contribution in [3.05, 3.63) is 0 Å². The standard InChI is InChI=1S/C20H40Cl2O3/c1-5-7-15-23-19(13-9-11-17(3)21)25-20(24-16-8-6-2)14-10-12-18(4)22/h17-20H,5-16H2,1-4H3. The molecule has 0 aliphatic heterocycles. The van der Waals surface area contributed by atoms with Crippen molar-refractivity contribution in [3.63, 3.8) is 0 Å². The minimum atomic E-state index is -0.206. The van der Waals surface area contributed by atoms with Gasteiger partial charge in [-0.15, -0.1) is 23.2 Å². The second-order valence-electron chi connectivity index (χ2n) is 6.87. The fourth-order valence-electron chi connectivity index (χ4n) is 2.40. The molecule has 0 rings (SSSR count). The van der Waals surface area contributed by atoms with Crippen LogP contribution in [0.4, 0.5) is 0 Å². The first-order chi connectivity index (χ1) is 12.0. The van der Waals surface area contributed by atoms with Crippen molar-refractivity contribution in [2.45, 2.75) is 115 Å². The van der Waals surface area contributed by atoms with Gasteiger partial charge in [0.25, 0.3) is 0 Å². The molecule has 0 fully saturated rings. The molecule has 3 nitrogen and oxygen atoms in total. The van der Waals surface area contributed by atoms with Crippen LogP contribution in [0.5, 0.6) is 0 Å². The zero-order valence-electron chi connectivity index (χ0n) is 16.8. The molecule has 0 radical (unpaired) electrons. The first-order valence-corrected chi connectivity index (χ1v) is 11.0. The molecule has 0 aromatic heterocycles. The number of hydrogen-bond donors (Lipinski definition) is 0. The van der Waals surface area contributed by atoms with Crippen molar-refractivity contribution >= 4 is 23.2 Å². The van der Waals surface area contributed by atoms with E-state index in [2.05, 4.69) is 13.8 Å². The lowest BCUT2D eigenvalue weighted by Gasteiger charge is -2.26. The van der Waals surface area contributed by atoms with E-state index < -0.39 is 0 Å². The average Bonchev–Trinajstić information content (AvgIpc) is 2.54. The van der Waals surface area contributed by atoms with Crippen LogP contribution in [0.2, 0.25) is 0 Å². The third-order valence-electron chi connectivity index (χ3n) is 3.99. The van der Waals surface area contributed by atoms with Gasteiger partial charge in [0.1, 0.15) is 0 Å². The Kier molecular flexibility index (Phi) is 18.2. The summed E-state index contributed by atoms with van der Waals surface area (Å²) in [7, 11) is 0. The molecule has 5 heteroatoms. The second kappa shape index (κ2) is 17.9. The first kappa shape index (κ1) is 25.5. The minimum absolute atomic E-state index is 0.193. The summed E-state index contributed by atoms with van der Waals surface area (Å²) in [5.41, 5.74) is 0. The summed E-state index contributed by atoms with van der Waals surface area (Å²) in [6.45, 7) is 9.85. The Balaban J connectivity index is 4.46. The van der Waals surface area contributed by atoms with E-state index in [1.807, 2.05) is 13.8 Å². The molecule has 0 spiro atoms. The van der Waals surface area contributed by atoms with Gasteiger partial charge in [-0.1, -0.05) is 26.7 Å². The van der Waals surface area contributed by atoms with Gasteiger partial charge in [-0.05, 0) is 65.2 Å². The Morgan fingerprint density at radius 1 is 0.640 bits per heavy atom. The average molecular weight is 399 g/mol. The van der Waals surface area contributed by atoms with Crippen LogP contribution >= 0.6 is 23.2 Å². The number of rotatable bonds is 18. The molecule has 25 heavy (non-hydrogen) atoms. The monoisotopic (exact) mass is 398 g/mol. The van der Waals surface area contributed by atoms with Crippen LogP contribution in [-0.4, -0.2) is 36.5 Å². The number of unbranched alkanes of at least 4 members (excludes halogenated alkanes) is 2. The van der Waals surface area contributed by atoms with Gasteiger partial charge in [0.2, 0.25) is 0 Å². The van der Waals surface area contributed by atoms with Gasteiger partial charge in [-0.3, -0.25) is 0 Å². The smallest absolute Gasteiger partial charge is 0.160 e. The van der Waals surface area contributed by atoms with E-state index in [0.717, 1.165) is 77.4 Å². The molecule has 0 heterocycles. The number of halogens is 2. The van der Waals surface area contributed by atoms with E-state index >= 15 is 0 Å². The predicted molar refractivity (Wildman–Crippen MR) is 109 cm³/mol. The summed E-state index contributed by atoms with van der Waals surface area (Å²) in [5.74, 6) is 0. The van der Waals surface area contributed by atoms with Crippen molar-refractivity contribution in [2.24, 2.45) is 0 Å². The van der Waals surface area contributed by atoms with Crippen molar-refractivity contribution in [2.75, 3.05) is 13.2 Å². The quantitative estimate of drug-likeness (QED) is 0.143. The maximum atomic E-state index is 6.18. The van der Waals surface area contributed by atoms with Crippen LogP contribution in [0, 0.1) is 0 Å². The molecule has 0 saturated heterocycles. The van der Waals surface area contributed by atoms with Crippen molar-refractivity contribution in [3.8, 4) is 0 Å². The maximum absolute atomic E-state index is 6.18. The Labute approximate surface area is 166 Å². The van der Waals surface area contributed by atoms with Crippen LogP contribution in [-0.2, 0) is 14.2 Å². The molecule has 0 N–H and O–H groups in total. The van der Waals surface area contributed by atoms with Crippen LogP contribution in [0.25, 0.3) is 0 Å². The molecule has 0 bridgehead atoms. The molecule has 0 saturated carbocycles. The SMILES string of the molecule is CCCCOC(CCCC(C)Cl)OC(CCCC(C)Cl)OCCCC. The topological polar surface area (TPSA) is 27.7 Å². The highest BCUT2D eigenvalue weighted by Crippen LogP contribution is 2.18. The summed E-state index contributed by atoms with van der Waals surface area (Å²) < 4.78 is 18.1. The molecule has 4 atom stereocenters. The minimum Gasteiger partial charge on any atom is -0.353 e. The van der Waals surface area contributed by atoms with E-state index in [1.165, 1.54) is 0 Å². The lowest BCUT2D eigenvalue weighted by molar-refractivity contribution is -0.250. The van der Waals surface area contributed by atoms with Gasteiger partial charge in [0.05, 0.1) is 0 Å². The van der Waals surface area contributed by atoms with E-state index in [0.29, 0.717) is 0 Å². The van der Waals surface area contributed by atoms with Crippen molar-refractivity contribution in [1.29, 1.82) is 0 Å². The summed E-state index contributed by atoms with van der Waals surface area (Å²) in [6, 6.07) is 0. The van der Waals surface area contributed by atoms with Gasteiger partial charge in [-0.25, -0.2) is 0 Å². The summed E-state index contributed by atoms with van der Waals surface area (Å²) in [5, 5.41) is 0.385. The Hall–Kier alpha value is 0.460. The Bertz CT molecular complexity index is 250. The first-order valence-electron chi connectivity index (χ1n) is 10.2. The predicted octanol–water partition coefficient (Wildman–Crippen LogP) is 6.88.